The average Bonchev–Trinajstić information content (AvgIpc) is 3.31. The second-order valence-electron chi connectivity index (χ2n) is 8.58. The number of fused-ring (bicyclic) bond motifs is 1. The molecule has 5 rings (SSSR count). The van der Waals surface area contributed by atoms with Gasteiger partial charge in [-0.1, -0.05) is 79.9 Å². The molecular formula is C27H27NO2S. The summed E-state index contributed by atoms with van der Waals surface area (Å²) >= 11 is 1.43. The van der Waals surface area contributed by atoms with E-state index in [1.165, 1.54) is 71.2 Å². The molecule has 0 spiro atoms. The molecule has 0 aliphatic heterocycles. The molecule has 0 bridgehead atoms. The molecule has 0 radical (unpaired) electrons. The standard InChI is InChI=1S/C27H27NO2S/c1-18-22-23(20-13-7-3-8-14-20)24(21-15-9-4-10-16-21)28(17-19-11-5-2-6-12-19)26(22)31-25(18)27(29)30/h2,4-6,9-12,15-16,20H,3,7-8,13-14,17H2,1H3,(H,29,30). The van der Waals surface area contributed by atoms with Crippen molar-refractivity contribution in [3.63, 3.8) is 0 Å². The highest BCUT2D eigenvalue weighted by atomic mass is 32.1. The number of thiophene rings is 1. The lowest BCUT2D eigenvalue weighted by atomic mass is 9.81. The van der Waals surface area contributed by atoms with E-state index in [1.54, 1.807) is 0 Å². The van der Waals surface area contributed by atoms with E-state index in [1.807, 2.05) is 13.0 Å². The Morgan fingerprint density at radius 1 is 1.00 bits per heavy atom. The van der Waals surface area contributed by atoms with Gasteiger partial charge in [-0.3, -0.25) is 0 Å². The van der Waals surface area contributed by atoms with Gasteiger partial charge in [0.15, 0.2) is 0 Å². The number of hydrogen-bond acceptors (Lipinski definition) is 2. The SMILES string of the molecule is Cc1c(C(=O)O)sc2c1c(C1CCCCC1)c(-c1ccccc1)n2Cc1ccccc1. The van der Waals surface area contributed by atoms with Gasteiger partial charge in [0.1, 0.15) is 9.71 Å². The van der Waals surface area contributed by atoms with Gasteiger partial charge < -0.3 is 9.67 Å². The lowest BCUT2D eigenvalue weighted by molar-refractivity contribution is 0.0701. The number of rotatable bonds is 5. The molecule has 1 aliphatic carbocycles. The Morgan fingerprint density at radius 2 is 1.65 bits per heavy atom. The van der Waals surface area contributed by atoms with Crippen molar-refractivity contribution in [1.29, 1.82) is 0 Å². The molecule has 2 aromatic carbocycles. The Balaban J connectivity index is 1.83. The van der Waals surface area contributed by atoms with E-state index in [2.05, 4.69) is 59.2 Å². The Morgan fingerprint density at radius 3 is 2.29 bits per heavy atom. The maximum Gasteiger partial charge on any atom is 0.346 e. The lowest BCUT2D eigenvalue weighted by Gasteiger charge is -2.24. The molecule has 2 aromatic heterocycles. The summed E-state index contributed by atoms with van der Waals surface area (Å²) in [4.78, 5) is 13.6. The first-order chi connectivity index (χ1) is 15.1. The van der Waals surface area contributed by atoms with Gasteiger partial charge in [0.05, 0.1) is 5.69 Å². The van der Waals surface area contributed by atoms with Crippen LogP contribution in [0, 0.1) is 6.92 Å². The molecule has 4 heteroatoms. The van der Waals surface area contributed by atoms with Gasteiger partial charge >= 0.3 is 5.97 Å². The Labute approximate surface area is 187 Å². The van der Waals surface area contributed by atoms with Gasteiger partial charge in [0.2, 0.25) is 0 Å². The van der Waals surface area contributed by atoms with Crippen molar-refractivity contribution in [2.45, 2.75) is 51.5 Å². The third-order valence-electron chi connectivity index (χ3n) is 6.61. The smallest absolute Gasteiger partial charge is 0.346 e. The number of benzene rings is 2. The first-order valence-electron chi connectivity index (χ1n) is 11.1. The number of aromatic carboxylic acids is 1. The molecule has 4 aromatic rings. The highest BCUT2D eigenvalue weighted by Crippen LogP contribution is 2.48. The van der Waals surface area contributed by atoms with Crippen LogP contribution in [0.2, 0.25) is 0 Å². The maximum atomic E-state index is 12.0. The molecule has 0 saturated heterocycles. The molecule has 158 valence electrons. The van der Waals surface area contributed by atoms with E-state index in [0.29, 0.717) is 10.8 Å². The van der Waals surface area contributed by atoms with E-state index in [4.69, 9.17) is 0 Å². The Hall–Kier alpha value is -2.85. The van der Waals surface area contributed by atoms with Crippen molar-refractivity contribution in [2.24, 2.45) is 0 Å². The fourth-order valence-electron chi connectivity index (χ4n) is 5.19. The van der Waals surface area contributed by atoms with Crippen molar-refractivity contribution in [1.82, 2.24) is 4.57 Å². The monoisotopic (exact) mass is 429 g/mol. The highest BCUT2D eigenvalue weighted by molar-refractivity contribution is 7.20. The largest absolute Gasteiger partial charge is 0.477 e. The van der Waals surface area contributed by atoms with Crippen molar-refractivity contribution in [3.05, 3.63) is 82.2 Å². The minimum atomic E-state index is -0.819. The van der Waals surface area contributed by atoms with Crippen LogP contribution in [0.1, 0.15) is 64.4 Å². The second kappa shape index (κ2) is 8.35. The van der Waals surface area contributed by atoms with Gasteiger partial charge in [-0.2, -0.15) is 0 Å². The first kappa shape index (κ1) is 20.1. The quantitative estimate of drug-likeness (QED) is 0.357. The topological polar surface area (TPSA) is 42.2 Å². The molecule has 1 aliphatic rings. The summed E-state index contributed by atoms with van der Waals surface area (Å²) in [5.41, 5.74) is 6.03. The number of carboxylic acid groups (broad SMARTS) is 1. The van der Waals surface area contributed by atoms with Crippen molar-refractivity contribution in [2.75, 3.05) is 0 Å². The molecule has 1 N–H and O–H groups in total. The summed E-state index contributed by atoms with van der Waals surface area (Å²) in [6.07, 6.45) is 6.16. The lowest BCUT2D eigenvalue weighted by Crippen LogP contribution is -2.08. The molecule has 0 unspecified atom stereocenters. The second-order valence-corrected chi connectivity index (χ2v) is 9.58. The van der Waals surface area contributed by atoms with Crippen LogP contribution in [0.4, 0.5) is 0 Å². The molecule has 0 atom stereocenters. The predicted molar refractivity (Wildman–Crippen MR) is 128 cm³/mol. The van der Waals surface area contributed by atoms with E-state index >= 15 is 0 Å². The minimum absolute atomic E-state index is 0.475. The zero-order valence-electron chi connectivity index (χ0n) is 17.8. The number of carbonyl (C=O) groups is 1. The van der Waals surface area contributed by atoms with Crippen LogP contribution in [0.5, 0.6) is 0 Å². The van der Waals surface area contributed by atoms with Crippen LogP contribution in [0.3, 0.4) is 0 Å². The number of nitrogens with zero attached hydrogens (tertiary/aromatic N) is 1. The fourth-order valence-corrected chi connectivity index (χ4v) is 6.35. The normalized spacial score (nSPS) is 14.9. The molecule has 1 saturated carbocycles. The van der Waals surface area contributed by atoms with Crippen LogP contribution in [-0.2, 0) is 6.54 Å². The molecule has 0 amide bonds. The van der Waals surface area contributed by atoms with E-state index < -0.39 is 5.97 Å². The average molecular weight is 430 g/mol. The summed E-state index contributed by atoms with van der Waals surface area (Å²) in [6, 6.07) is 21.1. The van der Waals surface area contributed by atoms with Gasteiger partial charge in [-0.15, -0.1) is 11.3 Å². The maximum absolute atomic E-state index is 12.0. The van der Waals surface area contributed by atoms with E-state index in [9.17, 15) is 9.90 Å². The summed E-state index contributed by atoms with van der Waals surface area (Å²) in [7, 11) is 0. The highest BCUT2D eigenvalue weighted by Gasteiger charge is 2.30. The third-order valence-corrected chi connectivity index (χ3v) is 7.91. The van der Waals surface area contributed by atoms with Crippen molar-refractivity contribution < 1.29 is 9.90 Å². The van der Waals surface area contributed by atoms with E-state index in [0.717, 1.165) is 16.9 Å². The van der Waals surface area contributed by atoms with Gasteiger partial charge in [0.25, 0.3) is 0 Å². The van der Waals surface area contributed by atoms with Crippen molar-refractivity contribution >= 4 is 27.5 Å². The zero-order chi connectivity index (χ0) is 21.4. The number of hydrogen-bond donors (Lipinski definition) is 1. The van der Waals surface area contributed by atoms with Crippen LogP contribution in [0.25, 0.3) is 21.5 Å². The molecule has 1 fully saturated rings. The van der Waals surface area contributed by atoms with Gasteiger partial charge in [-0.05, 0) is 47.9 Å². The van der Waals surface area contributed by atoms with Crippen molar-refractivity contribution in [3.8, 4) is 11.3 Å². The number of aromatic nitrogens is 1. The molecule has 2 heterocycles. The minimum Gasteiger partial charge on any atom is -0.477 e. The fraction of sp³-hybridized carbons (Fsp3) is 0.296. The Bertz CT molecular complexity index is 1210. The zero-order valence-corrected chi connectivity index (χ0v) is 18.6. The summed E-state index contributed by atoms with van der Waals surface area (Å²) < 4.78 is 2.38. The van der Waals surface area contributed by atoms with E-state index in [-0.39, 0.29) is 0 Å². The summed E-state index contributed by atoms with van der Waals surface area (Å²) in [5, 5.41) is 11.0. The van der Waals surface area contributed by atoms with Crippen LogP contribution < -0.4 is 0 Å². The molecule has 31 heavy (non-hydrogen) atoms. The van der Waals surface area contributed by atoms with Gasteiger partial charge in [-0.25, -0.2) is 4.79 Å². The van der Waals surface area contributed by atoms with Crippen LogP contribution in [0.15, 0.2) is 60.7 Å². The molecular weight excluding hydrogens is 402 g/mol. The predicted octanol–water partition coefficient (Wildman–Crippen LogP) is 7.47. The van der Waals surface area contributed by atoms with Crippen LogP contribution in [-0.4, -0.2) is 15.6 Å². The summed E-state index contributed by atoms with van der Waals surface area (Å²) in [6.45, 7) is 2.74. The van der Waals surface area contributed by atoms with Crippen LogP contribution >= 0.6 is 11.3 Å². The van der Waals surface area contributed by atoms with Gasteiger partial charge in [0, 0.05) is 11.9 Å². The summed E-state index contributed by atoms with van der Waals surface area (Å²) in [5.74, 6) is -0.334. The first-order valence-corrected chi connectivity index (χ1v) is 11.9. The third kappa shape index (κ3) is 3.59. The number of aryl methyl sites for hydroxylation is 1. The Kier molecular flexibility index (Phi) is 5.41. The number of carboxylic acids is 1. The molecule has 3 nitrogen and oxygen atoms in total.